The highest BCUT2D eigenvalue weighted by Gasteiger charge is 2.37. The average Bonchev–Trinajstić information content (AvgIpc) is 2.83. The molecule has 0 bridgehead atoms. The first-order valence-corrected chi connectivity index (χ1v) is 7.37. The third-order valence-electron chi connectivity index (χ3n) is 3.51. The topological polar surface area (TPSA) is 40.5 Å². The minimum Gasteiger partial charge on any atom is -0.481 e. The molecule has 0 radical (unpaired) electrons. The van der Waals surface area contributed by atoms with E-state index < -0.39 is 5.97 Å². The standard InChI is InChI=1S/C12H16BrNO2S/c1-7-4-14(5-10(7)12(15)16)8(2)11-3-9(13)6-17-11/h3,6-8,10H,4-5H2,1-2H3,(H,15,16). The Bertz CT molecular complexity index is 420. The molecule has 5 heteroatoms. The highest BCUT2D eigenvalue weighted by Crippen LogP contribution is 2.34. The van der Waals surface area contributed by atoms with Crippen molar-refractivity contribution in [3.63, 3.8) is 0 Å². The average molecular weight is 318 g/mol. The lowest BCUT2D eigenvalue weighted by atomic mass is 9.99. The maximum absolute atomic E-state index is 11.1. The van der Waals surface area contributed by atoms with Gasteiger partial charge in [-0.15, -0.1) is 11.3 Å². The summed E-state index contributed by atoms with van der Waals surface area (Å²) in [7, 11) is 0. The van der Waals surface area contributed by atoms with Crippen LogP contribution in [-0.4, -0.2) is 29.1 Å². The Morgan fingerprint density at radius 2 is 2.35 bits per heavy atom. The van der Waals surface area contributed by atoms with Crippen LogP contribution in [0.3, 0.4) is 0 Å². The van der Waals surface area contributed by atoms with E-state index in [2.05, 4.69) is 39.2 Å². The first-order chi connectivity index (χ1) is 7.99. The van der Waals surface area contributed by atoms with Crippen molar-refractivity contribution in [3.05, 3.63) is 20.8 Å². The van der Waals surface area contributed by atoms with Gasteiger partial charge < -0.3 is 5.11 Å². The number of halogens is 1. The molecule has 1 aliphatic rings. The Morgan fingerprint density at radius 1 is 1.65 bits per heavy atom. The van der Waals surface area contributed by atoms with Gasteiger partial charge in [-0.05, 0) is 34.8 Å². The zero-order chi connectivity index (χ0) is 12.6. The second-order valence-electron chi connectivity index (χ2n) is 4.72. The van der Waals surface area contributed by atoms with Gasteiger partial charge in [-0.2, -0.15) is 0 Å². The number of thiophene rings is 1. The maximum Gasteiger partial charge on any atom is 0.308 e. The van der Waals surface area contributed by atoms with Crippen LogP contribution in [0.15, 0.2) is 15.9 Å². The van der Waals surface area contributed by atoms with Crippen molar-refractivity contribution in [1.29, 1.82) is 0 Å². The van der Waals surface area contributed by atoms with E-state index in [-0.39, 0.29) is 11.8 Å². The van der Waals surface area contributed by atoms with Gasteiger partial charge in [0.05, 0.1) is 5.92 Å². The molecule has 1 fully saturated rings. The van der Waals surface area contributed by atoms with Gasteiger partial charge in [0.2, 0.25) is 0 Å². The van der Waals surface area contributed by atoms with E-state index in [4.69, 9.17) is 5.11 Å². The smallest absolute Gasteiger partial charge is 0.308 e. The quantitative estimate of drug-likeness (QED) is 0.930. The molecule has 3 atom stereocenters. The first kappa shape index (κ1) is 13.1. The van der Waals surface area contributed by atoms with E-state index in [1.807, 2.05) is 6.92 Å². The van der Waals surface area contributed by atoms with Crippen LogP contribution in [0.2, 0.25) is 0 Å². The fourth-order valence-corrected chi connectivity index (χ4v) is 3.91. The molecule has 3 nitrogen and oxygen atoms in total. The summed E-state index contributed by atoms with van der Waals surface area (Å²) in [5.41, 5.74) is 0. The number of aliphatic carboxylic acids is 1. The Balaban J connectivity index is 2.07. The Hall–Kier alpha value is -0.390. The number of hydrogen-bond acceptors (Lipinski definition) is 3. The molecular weight excluding hydrogens is 302 g/mol. The van der Waals surface area contributed by atoms with E-state index in [1.165, 1.54) is 4.88 Å². The molecule has 2 rings (SSSR count). The Kier molecular flexibility index (Phi) is 3.90. The predicted octanol–water partition coefficient (Wildman–Crippen LogP) is 3.22. The normalized spacial score (nSPS) is 27.2. The lowest BCUT2D eigenvalue weighted by Crippen LogP contribution is -2.25. The van der Waals surface area contributed by atoms with Crippen LogP contribution in [0, 0.1) is 11.8 Å². The predicted molar refractivity (Wildman–Crippen MR) is 72.3 cm³/mol. The molecular formula is C12H16BrNO2S. The van der Waals surface area contributed by atoms with Gasteiger partial charge >= 0.3 is 5.97 Å². The summed E-state index contributed by atoms with van der Waals surface area (Å²) in [5.74, 6) is -0.654. The third kappa shape index (κ3) is 2.72. The summed E-state index contributed by atoms with van der Waals surface area (Å²) in [6.45, 7) is 5.70. The van der Waals surface area contributed by atoms with Gasteiger partial charge in [0, 0.05) is 33.9 Å². The van der Waals surface area contributed by atoms with Gasteiger partial charge in [-0.3, -0.25) is 9.69 Å². The molecule has 0 spiro atoms. The minimum atomic E-state index is -0.667. The van der Waals surface area contributed by atoms with Crippen molar-refractivity contribution in [3.8, 4) is 0 Å². The van der Waals surface area contributed by atoms with Crippen molar-refractivity contribution >= 4 is 33.2 Å². The molecule has 94 valence electrons. The molecule has 1 aromatic heterocycles. The minimum absolute atomic E-state index is 0.221. The summed E-state index contributed by atoms with van der Waals surface area (Å²) < 4.78 is 1.10. The monoisotopic (exact) mass is 317 g/mol. The van der Waals surface area contributed by atoms with Crippen LogP contribution in [0.25, 0.3) is 0 Å². The van der Waals surface area contributed by atoms with E-state index in [9.17, 15) is 4.79 Å². The van der Waals surface area contributed by atoms with E-state index in [1.54, 1.807) is 11.3 Å². The largest absolute Gasteiger partial charge is 0.481 e. The number of carboxylic acids is 1. The molecule has 1 aromatic rings. The van der Waals surface area contributed by atoms with Crippen LogP contribution in [0.4, 0.5) is 0 Å². The molecule has 17 heavy (non-hydrogen) atoms. The zero-order valence-electron chi connectivity index (χ0n) is 9.89. The Labute approximate surface area is 114 Å². The van der Waals surface area contributed by atoms with Gasteiger partial charge in [0.25, 0.3) is 0 Å². The summed E-state index contributed by atoms with van der Waals surface area (Å²) >= 11 is 5.17. The van der Waals surface area contributed by atoms with Gasteiger partial charge in [-0.1, -0.05) is 6.92 Å². The molecule has 0 aliphatic carbocycles. The number of likely N-dealkylation sites (tertiary alicyclic amines) is 1. The molecule has 0 saturated carbocycles. The van der Waals surface area contributed by atoms with Gasteiger partial charge in [-0.25, -0.2) is 0 Å². The van der Waals surface area contributed by atoms with Crippen molar-refractivity contribution in [2.24, 2.45) is 11.8 Å². The van der Waals surface area contributed by atoms with Crippen LogP contribution in [-0.2, 0) is 4.79 Å². The van der Waals surface area contributed by atoms with Crippen molar-refractivity contribution < 1.29 is 9.90 Å². The maximum atomic E-state index is 11.1. The first-order valence-electron chi connectivity index (χ1n) is 5.70. The molecule has 0 amide bonds. The second-order valence-corrected chi connectivity index (χ2v) is 6.58. The van der Waals surface area contributed by atoms with Crippen LogP contribution < -0.4 is 0 Å². The molecule has 1 aliphatic heterocycles. The summed E-state index contributed by atoms with van der Waals surface area (Å²) in [6.07, 6.45) is 0. The van der Waals surface area contributed by atoms with E-state index >= 15 is 0 Å². The fraction of sp³-hybridized carbons (Fsp3) is 0.583. The third-order valence-corrected chi connectivity index (χ3v) is 5.37. The number of nitrogens with zero attached hydrogens (tertiary/aromatic N) is 1. The molecule has 0 aromatic carbocycles. The highest BCUT2D eigenvalue weighted by atomic mass is 79.9. The molecule has 2 heterocycles. The van der Waals surface area contributed by atoms with Gasteiger partial charge in [0.1, 0.15) is 0 Å². The van der Waals surface area contributed by atoms with Crippen LogP contribution in [0.1, 0.15) is 24.8 Å². The van der Waals surface area contributed by atoms with Crippen molar-refractivity contribution in [2.75, 3.05) is 13.1 Å². The van der Waals surface area contributed by atoms with Gasteiger partial charge in [0.15, 0.2) is 0 Å². The van der Waals surface area contributed by atoms with Crippen molar-refractivity contribution in [2.45, 2.75) is 19.9 Å². The number of hydrogen-bond donors (Lipinski definition) is 1. The highest BCUT2D eigenvalue weighted by molar-refractivity contribution is 9.10. The lowest BCUT2D eigenvalue weighted by Gasteiger charge is -2.22. The molecule has 3 unspecified atom stereocenters. The Morgan fingerprint density at radius 3 is 2.82 bits per heavy atom. The fourth-order valence-electron chi connectivity index (χ4n) is 2.37. The summed E-state index contributed by atoms with van der Waals surface area (Å²) in [5, 5.41) is 11.2. The van der Waals surface area contributed by atoms with Crippen LogP contribution >= 0.6 is 27.3 Å². The second kappa shape index (κ2) is 5.08. The SMILES string of the molecule is CC1CN(C(C)c2cc(Br)cs2)CC1C(=O)O. The van der Waals surface area contributed by atoms with Crippen molar-refractivity contribution in [1.82, 2.24) is 4.90 Å². The molecule has 1 N–H and O–H groups in total. The van der Waals surface area contributed by atoms with E-state index in [0.29, 0.717) is 12.6 Å². The van der Waals surface area contributed by atoms with E-state index in [0.717, 1.165) is 11.0 Å². The van der Waals surface area contributed by atoms with Crippen LogP contribution in [0.5, 0.6) is 0 Å². The summed E-state index contributed by atoms with van der Waals surface area (Å²) in [6, 6.07) is 2.42. The zero-order valence-corrected chi connectivity index (χ0v) is 12.3. The summed E-state index contributed by atoms with van der Waals surface area (Å²) in [4.78, 5) is 14.6. The number of rotatable bonds is 3. The number of carbonyl (C=O) groups is 1. The molecule has 1 saturated heterocycles. The number of carboxylic acid groups (broad SMARTS) is 1. The lowest BCUT2D eigenvalue weighted by molar-refractivity contribution is -0.142.